The normalized spacial score (nSPS) is 21.5. The second-order valence-corrected chi connectivity index (χ2v) is 13.5. The van der Waals surface area contributed by atoms with Crippen molar-refractivity contribution >= 4 is 23.3 Å². The number of pyridine rings is 2. The maximum atomic E-state index is 13.3. The molecule has 4 aromatic rings. The number of amides is 2. The zero-order chi connectivity index (χ0) is 32.6. The molecule has 4 heterocycles. The molecule has 0 radical (unpaired) electrons. The highest BCUT2D eigenvalue weighted by Gasteiger charge is 2.40. The number of fused-ring (bicyclic) bond motifs is 2. The van der Waals surface area contributed by atoms with Gasteiger partial charge in [0.1, 0.15) is 11.9 Å². The minimum Gasteiger partial charge on any atom is -0.484 e. The summed E-state index contributed by atoms with van der Waals surface area (Å²) >= 11 is 0. The Kier molecular flexibility index (Phi) is 8.45. The number of esters is 1. The summed E-state index contributed by atoms with van der Waals surface area (Å²) in [7, 11) is 2.14. The number of urea groups is 1. The van der Waals surface area contributed by atoms with Crippen molar-refractivity contribution in [1.82, 2.24) is 29.8 Å². The van der Waals surface area contributed by atoms with Crippen LogP contribution < -0.4 is 15.4 Å². The monoisotopic (exact) mass is 625 g/mol. The average Bonchev–Trinajstić information content (AvgIpc) is 3.60. The molecule has 46 heavy (non-hydrogen) atoms. The topological polar surface area (TPSA) is 123 Å². The molecule has 242 valence electrons. The average molecular weight is 626 g/mol. The Morgan fingerprint density at radius 3 is 2.57 bits per heavy atom. The van der Waals surface area contributed by atoms with Crippen LogP contribution in [0.4, 0.5) is 10.5 Å². The minimum atomic E-state index is -0.524. The van der Waals surface area contributed by atoms with E-state index in [9.17, 15) is 9.59 Å². The molecule has 0 unspecified atom stereocenters. The van der Waals surface area contributed by atoms with Crippen LogP contribution in [0.15, 0.2) is 54.7 Å². The predicted octanol–water partition coefficient (Wildman–Crippen LogP) is 6.32. The van der Waals surface area contributed by atoms with Gasteiger partial charge in [0.15, 0.2) is 17.2 Å². The van der Waals surface area contributed by atoms with Gasteiger partial charge in [-0.05, 0) is 88.5 Å². The highest BCUT2D eigenvalue weighted by Crippen LogP contribution is 2.40. The lowest BCUT2D eigenvalue weighted by molar-refractivity contribution is 0.0519. The molecule has 0 spiro atoms. The third-order valence-electron chi connectivity index (χ3n) is 9.21. The Morgan fingerprint density at radius 1 is 1.07 bits per heavy atom. The molecule has 2 amide bonds. The van der Waals surface area contributed by atoms with Gasteiger partial charge in [0.25, 0.3) is 0 Å². The van der Waals surface area contributed by atoms with E-state index in [1.807, 2.05) is 57.3 Å². The lowest BCUT2D eigenvalue weighted by Gasteiger charge is -2.32. The molecule has 11 heteroatoms. The smallest absolute Gasteiger partial charge is 0.356 e. The van der Waals surface area contributed by atoms with E-state index in [0.717, 1.165) is 47.7 Å². The number of likely N-dealkylation sites (tertiary alicyclic amines) is 1. The van der Waals surface area contributed by atoms with Crippen LogP contribution in [0, 0.1) is 0 Å². The lowest BCUT2D eigenvalue weighted by atomic mass is 9.85. The van der Waals surface area contributed by atoms with Crippen molar-refractivity contribution in [2.75, 3.05) is 25.5 Å². The molecule has 1 aliphatic heterocycles. The summed E-state index contributed by atoms with van der Waals surface area (Å²) in [6.45, 7) is 11.3. The predicted molar refractivity (Wildman–Crippen MR) is 175 cm³/mol. The van der Waals surface area contributed by atoms with Crippen LogP contribution in [0.1, 0.15) is 106 Å². The number of aromatic nitrogens is 4. The third kappa shape index (κ3) is 6.16. The summed E-state index contributed by atoms with van der Waals surface area (Å²) in [4.78, 5) is 32.6. The van der Waals surface area contributed by atoms with Crippen molar-refractivity contribution in [2.24, 2.45) is 0 Å². The highest BCUT2D eigenvalue weighted by atomic mass is 16.5. The van der Waals surface area contributed by atoms with E-state index in [4.69, 9.17) is 9.47 Å². The van der Waals surface area contributed by atoms with Crippen molar-refractivity contribution in [3.8, 4) is 5.75 Å². The van der Waals surface area contributed by atoms with E-state index in [0.29, 0.717) is 24.2 Å². The molecular formula is C35H43N7O4. The van der Waals surface area contributed by atoms with Gasteiger partial charge in [0.2, 0.25) is 0 Å². The summed E-state index contributed by atoms with van der Waals surface area (Å²) in [5.41, 5.74) is 3.64. The Balaban J connectivity index is 1.19. The molecule has 1 fully saturated rings. The second-order valence-electron chi connectivity index (χ2n) is 13.5. The van der Waals surface area contributed by atoms with Gasteiger partial charge in [-0.25, -0.2) is 14.6 Å². The van der Waals surface area contributed by atoms with Crippen LogP contribution in [0.25, 0.3) is 5.65 Å². The molecule has 6 rings (SSSR count). The molecule has 3 aromatic heterocycles. The number of ether oxygens (including phenoxy) is 2. The molecule has 1 saturated heterocycles. The van der Waals surface area contributed by atoms with Gasteiger partial charge in [-0.3, -0.25) is 9.30 Å². The number of carbonyl (C=O) groups excluding carboxylic acids is 2. The van der Waals surface area contributed by atoms with Gasteiger partial charge in [-0.15, -0.1) is 10.2 Å². The summed E-state index contributed by atoms with van der Waals surface area (Å²) in [6, 6.07) is 14.7. The quantitative estimate of drug-likeness (QED) is 0.229. The summed E-state index contributed by atoms with van der Waals surface area (Å²) in [5.74, 6) is 1.14. The maximum Gasteiger partial charge on any atom is 0.356 e. The SMILES string of the molecule is CCOC(=O)c1cc(NC(=O)N[C@H]2CC[C@@H](Oc3ccc4nnc([C@]5(C)CCCN5C)n4c3)c3ccccc32)cc(C(C)(C)C)n1. The molecule has 0 saturated carbocycles. The Labute approximate surface area is 269 Å². The first kappa shape index (κ1) is 31.5. The van der Waals surface area contributed by atoms with Crippen LogP contribution in [-0.4, -0.2) is 56.7 Å². The molecular weight excluding hydrogens is 582 g/mol. The molecule has 1 aromatic carbocycles. The number of hydrogen-bond donors (Lipinski definition) is 2. The minimum absolute atomic E-state index is 0.161. The molecule has 3 atom stereocenters. The molecule has 0 bridgehead atoms. The molecule has 1 aliphatic carbocycles. The second kappa shape index (κ2) is 12.4. The van der Waals surface area contributed by atoms with Crippen molar-refractivity contribution in [1.29, 1.82) is 0 Å². The summed E-state index contributed by atoms with van der Waals surface area (Å²) in [5, 5.41) is 15.1. The van der Waals surface area contributed by atoms with Crippen LogP contribution in [0.3, 0.4) is 0 Å². The first-order valence-corrected chi connectivity index (χ1v) is 16.1. The lowest BCUT2D eigenvalue weighted by Crippen LogP contribution is -2.37. The standard InChI is InChI=1S/C35H43N7O4/c1-7-45-31(43)27-19-22(20-29(37-27)34(2,3)4)36-33(44)38-26-14-15-28(25-12-9-8-11-24(25)26)46-23-13-16-30-39-40-32(42(30)21-23)35(5)17-10-18-41(35)6/h8-9,11-13,16,19-21,26,28H,7,10,14-15,17-18H2,1-6H3,(H2,36,37,38,44)/t26-,28+,35-/m0/s1. The summed E-state index contributed by atoms with van der Waals surface area (Å²) < 4.78 is 13.8. The third-order valence-corrected chi connectivity index (χ3v) is 9.21. The summed E-state index contributed by atoms with van der Waals surface area (Å²) in [6.07, 6.45) is 5.37. The van der Waals surface area contributed by atoms with E-state index in [1.54, 1.807) is 19.1 Å². The first-order valence-electron chi connectivity index (χ1n) is 16.1. The van der Waals surface area contributed by atoms with Gasteiger partial charge in [0.05, 0.1) is 24.4 Å². The fourth-order valence-electron chi connectivity index (χ4n) is 6.50. The molecule has 2 N–H and O–H groups in total. The number of carbonyl (C=O) groups is 2. The zero-order valence-corrected chi connectivity index (χ0v) is 27.5. The number of anilines is 1. The Bertz CT molecular complexity index is 1760. The zero-order valence-electron chi connectivity index (χ0n) is 27.5. The van der Waals surface area contributed by atoms with E-state index in [-0.39, 0.29) is 41.4 Å². The number of benzene rings is 1. The van der Waals surface area contributed by atoms with Crippen molar-refractivity contribution in [3.05, 3.63) is 83.1 Å². The van der Waals surface area contributed by atoms with Crippen LogP contribution in [0.2, 0.25) is 0 Å². The number of nitrogens with zero attached hydrogens (tertiary/aromatic N) is 5. The maximum absolute atomic E-state index is 13.3. The van der Waals surface area contributed by atoms with Gasteiger partial charge >= 0.3 is 12.0 Å². The van der Waals surface area contributed by atoms with E-state index in [2.05, 4.69) is 55.2 Å². The van der Waals surface area contributed by atoms with E-state index < -0.39 is 5.97 Å². The van der Waals surface area contributed by atoms with Crippen LogP contribution >= 0.6 is 0 Å². The Morgan fingerprint density at radius 2 is 1.85 bits per heavy atom. The number of rotatable bonds is 7. The van der Waals surface area contributed by atoms with Gasteiger partial charge in [0, 0.05) is 16.8 Å². The van der Waals surface area contributed by atoms with Gasteiger partial charge in [-0.1, -0.05) is 45.0 Å². The highest BCUT2D eigenvalue weighted by molar-refractivity contribution is 5.93. The van der Waals surface area contributed by atoms with Crippen LogP contribution in [0.5, 0.6) is 5.75 Å². The fourth-order valence-corrected chi connectivity index (χ4v) is 6.50. The fraction of sp³-hybridized carbons (Fsp3) is 0.457. The van der Waals surface area contributed by atoms with Crippen LogP contribution in [-0.2, 0) is 15.7 Å². The number of hydrogen-bond acceptors (Lipinski definition) is 8. The van der Waals surface area contributed by atoms with E-state index in [1.165, 1.54) is 0 Å². The van der Waals surface area contributed by atoms with E-state index >= 15 is 0 Å². The van der Waals surface area contributed by atoms with Gasteiger partial charge < -0.3 is 20.1 Å². The number of nitrogens with one attached hydrogen (secondary N) is 2. The van der Waals surface area contributed by atoms with Gasteiger partial charge in [-0.2, -0.15) is 0 Å². The molecule has 2 aliphatic rings. The first-order chi connectivity index (χ1) is 22.0. The molecule has 11 nitrogen and oxygen atoms in total. The van der Waals surface area contributed by atoms with Crippen molar-refractivity contribution in [3.63, 3.8) is 0 Å². The largest absolute Gasteiger partial charge is 0.484 e. The Hall–Kier alpha value is -4.51. The van der Waals surface area contributed by atoms with Crippen molar-refractivity contribution < 1.29 is 19.1 Å². The van der Waals surface area contributed by atoms with Crippen molar-refractivity contribution in [2.45, 2.75) is 83.4 Å².